The van der Waals surface area contributed by atoms with Crippen LogP contribution in [0.2, 0.25) is 0 Å². The molecule has 0 saturated carbocycles. The Morgan fingerprint density at radius 1 is 1.56 bits per heavy atom. The Morgan fingerprint density at radius 3 is 2.94 bits per heavy atom. The molecule has 90 valence electrons. The molecule has 0 bridgehead atoms. The van der Waals surface area contributed by atoms with Gasteiger partial charge in [-0.05, 0) is 18.9 Å². The van der Waals surface area contributed by atoms with Gasteiger partial charge in [-0.15, -0.1) is 0 Å². The standard InChI is InChI=1S/C12H20N2O2/c1-9-7-14(10(2)15)5-3-12(9)13-11-4-6-16-8-11/h11,13H,3-8H2,1-2H3. The lowest BCUT2D eigenvalue weighted by Gasteiger charge is -2.30. The van der Waals surface area contributed by atoms with Crippen LogP contribution < -0.4 is 5.32 Å². The van der Waals surface area contributed by atoms with Crippen LogP contribution in [0, 0.1) is 0 Å². The average molecular weight is 224 g/mol. The number of carbonyl (C=O) groups is 1. The average Bonchev–Trinajstić information content (AvgIpc) is 2.73. The summed E-state index contributed by atoms with van der Waals surface area (Å²) in [5, 5.41) is 3.54. The topological polar surface area (TPSA) is 41.6 Å². The molecule has 0 radical (unpaired) electrons. The Kier molecular flexibility index (Phi) is 3.49. The number of nitrogens with one attached hydrogen (secondary N) is 1. The van der Waals surface area contributed by atoms with Crippen molar-refractivity contribution in [3.05, 3.63) is 11.3 Å². The first-order valence-corrected chi connectivity index (χ1v) is 5.95. The first kappa shape index (κ1) is 11.5. The van der Waals surface area contributed by atoms with Gasteiger partial charge in [-0.25, -0.2) is 0 Å². The third-order valence-corrected chi connectivity index (χ3v) is 3.33. The first-order chi connectivity index (χ1) is 7.66. The molecule has 0 aromatic heterocycles. The predicted molar refractivity (Wildman–Crippen MR) is 61.9 cm³/mol. The van der Waals surface area contributed by atoms with Crippen LogP contribution in [0.15, 0.2) is 11.3 Å². The molecule has 1 amide bonds. The van der Waals surface area contributed by atoms with Crippen molar-refractivity contribution < 1.29 is 9.53 Å². The molecule has 1 N–H and O–H groups in total. The van der Waals surface area contributed by atoms with Gasteiger partial charge in [-0.1, -0.05) is 0 Å². The molecule has 1 atom stereocenters. The molecule has 4 heteroatoms. The fourth-order valence-corrected chi connectivity index (χ4v) is 2.28. The van der Waals surface area contributed by atoms with E-state index in [0.717, 1.165) is 39.1 Å². The summed E-state index contributed by atoms with van der Waals surface area (Å²) in [5.74, 6) is 0.169. The van der Waals surface area contributed by atoms with Gasteiger partial charge in [0.15, 0.2) is 0 Å². The Balaban J connectivity index is 1.94. The summed E-state index contributed by atoms with van der Waals surface area (Å²) < 4.78 is 5.34. The molecule has 2 rings (SSSR count). The number of carbonyl (C=O) groups excluding carboxylic acids is 1. The summed E-state index contributed by atoms with van der Waals surface area (Å²) in [5.41, 5.74) is 2.60. The maximum atomic E-state index is 11.3. The van der Waals surface area contributed by atoms with Crippen molar-refractivity contribution in [3.63, 3.8) is 0 Å². The van der Waals surface area contributed by atoms with Crippen LogP contribution >= 0.6 is 0 Å². The zero-order valence-electron chi connectivity index (χ0n) is 10.1. The van der Waals surface area contributed by atoms with Crippen molar-refractivity contribution in [1.82, 2.24) is 10.2 Å². The van der Waals surface area contributed by atoms with Gasteiger partial charge in [-0.3, -0.25) is 4.79 Å². The van der Waals surface area contributed by atoms with Gasteiger partial charge in [0, 0.05) is 38.7 Å². The minimum absolute atomic E-state index is 0.169. The molecule has 1 fully saturated rings. The van der Waals surface area contributed by atoms with E-state index in [2.05, 4.69) is 12.2 Å². The van der Waals surface area contributed by atoms with E-state index in [1.807, 2.05) is 4.90 Å². The lowest BCUT2D eigenvalue weighted by molar-refractivity contribution is -0.128. The maximum absolute atomic E-state index is 11.3. The fourth-order valence-electron chi connectivity index (χ4n) is 2.28. The van der Waals surface area contributed by atoms with Crippen LogP contribution in [0.4, 0.5) is 0 Å². The first-order valence-electron chi connectivity index (χ1n) is 5.95. The van der Waals surface area contributed by atoms with Crippen LogP contribution in [-0.2, 0) is 9.53 Å². The van der Waals surface area contributed by atoms with Crippen LogP contribution in [0.1, 0.15) is 26.7 Å². The number of ether oxygens (including phenoxy) is 1. The van der Waals surface area contributed by atoms with Gasteiger partial charge >= 0.3 is 0 Å². The summed E-state index contributed by atoms with van der Waals surface area (Å²) in [4.78, 5) is 13.2. The Morgan fingerprint density at radius 2 is 2.38 bits per heavy atom. The predicted octanol–water partition coefficient (Wildman–Crippen LogP) is 0.891. The van der Waals surface area contributed by atoms with E-state index in [1.165, 1.54) is 11.3 Å². The molecule has 1 unspecified atom stereocenters. The molecule has 16 heavy (non-hydrogen) atoms. The van der Waals surface area contributed by atoms with Crippen molar-refractivity contribution >= 4 is 5.91 Å². The number of hydrogen-bond donors (Lipinski definition) is 1. The molecule has 2 aliphatic heterocycles. The summed E-state index contributed by atoms with van der Waals surface area (Å²) >= 11 is 0. The number of nitrogens with zero attached hydrogens (tertiary/aromatic N) is 1. The van der Waals surface area contributed by atoms with Crippen molar-refractivity contribution in [3.8, 4) is 0 Å². The van der Waals surface area contributed by atoms with Crippen molar-refractivity contribution in [2.24, 2.45) is 0 Å². The van der Waals surface area contributed by atoms with Crippen molar-refractivity contribution in [1.29, 1.82) is 0 Å². The van der Waals surface area contributed by atoms with Crippen molar-refractivity contribution in [2.45, 2.75) is 32.7 Å². The molecule has 0 aromatic rings. The van der Waals surface area contributed by atoms with E-state index in [4.69, 9.17) is 4.74 Å². The van der Waals surface area contributed by atoms with E-state index in [0.29, 0.717) is 6.04 Å². The van der Waals surface area contributed by atoms with E-state index >= 15 is 0 Å². The summed E-state index contributed by atoms with van der Waals surface area (Å²) in [6, 6.07) is 0.467. The largest absolute Gasteiger partial charge is 0.383 e. The highest BCUT2D eigenvalue weighted by Crippen LogP contribution is 2.17. The summed E-state index contributed by atoms with van der Waals surface area (Å²) in [6.07, 6.45) is 2.04. The van der Waals surface area contributed by atoms with Crippen LogP contribution in [0.5, 0.6) is 0 Å². The second kappa shape index (κ2) is 4.87. The minimum atomic E-state index is 0.169. The second-order valence-electron chi connectivity index (χ2n) is 4.65. The zero-order chi connectivity index (χ0) is 11.5. The SMILES string of the molecule is CC(=O)N1CCC(NC2CCOC2)=C(C)C1. The van der Waals surface area contributed by atoms with Crippen molar-refractivity contribution in [2.75, 3.05) is 26.3 Å². The molecule has 0 aromatic carbocycles. The Labute approximate surface area is 96.6 Å². The van der Waals surface area contributed by atoms with Gasteiger partial charge < -0.3 is 15.0 Å². The summed E-state index contributed by atoms with van der Waals surface area (Å²) in [6.45, 7) is 7.02. The zero-order valence-corrected chi connectivity index (χ0v) is 10.1. The highest BCUT2D eigenvalue weighted by molar-refractivity contribution is 5.73. The second-order valence-corrected chi connectivity index (χ2v) is 4.65. The molecular weight excluding hydrogens is 204 g/mol. The lowest BCUT2D eigenvalue weighted by Crippen LogP contribution is -2.39. The van der Waals surface area contributed by atoms with E-state index < -0.39 is 0 Å². The maximum Gasteiger partial charge on any atom is 0.219 e. The molecular formula is C12H20N2O2. The normalized spacial score (nSPS) is 26.1. The smallest absolute Gasteiger partial charge is 0.219 e. The molecule has 0 spiro atoms. The molecule has 4 nitrogen and oxygen atoms in total. The number of amides is 1. The highest BCUT2D eigenvalue weighted by Gasteiger charge is 2.21. The van der Waals surface area contributed by atoms with E-state index in [1.54, 1.807) is 6.92 Å². The molecule has 2 heterocycles. The van der Waals surface area contributed by atoms with Crippen LogP contribution in [-0.4, -0.2) is 43.2 Å². The molecule has 0 aliphatic carbocycles. The number of hydrogen-bond acceptors (Lipinski definition) is 3. The quantitative estimate of drug-likeness (QED) is 0.757. The highest BCUT2D eigenvalue weighted by atomic mass is 16.5. The summed E-state index contributed by atoms with van der Waals surface area (Å²) in [7, 11) is 0. The van der Waals surface area contributed by atoms with Crippen LogP contribution in [0.25, 0.3) is 0 Å². The third kappa shape index (κ3) is 2.55. The van der Waals surface area contributed by atoms with Gasteiger partial charge in [0.1, 0.15) is 0 Å². The van der Waals surface area contributed by atoms with E-state index in [9.17, 15) is 4.79 Å². The Bertz CT molecular complexity index is 306. The minimum Gasteiger partial charge on any atom is -0.383 e. The third-order valence-electron chi connectivity index (χ3n) is 3.33. The van der Waals surface area contributed by atoms with Gasteiger partial charge in [0.2, 0.25) is 5.91 Å². The number of rotatable bonds is 2. The monoisotopic (exact) mass is 224 g/mol. The van der Waals surface area contributed by atoms with Gasteiger partial charge in [0.05, 0.1) is 12.6 Å². The Hall–Kier alpha value is -1.03. The van der Waals surface area contributed by atoms with Gasteiger partial charge in [0.25, 0.3) is 0 Å². The lowest BCUT2D eigenvalue weighted by atomic mass is 10.1. The van der Waals surface area contributed by atoms with E-state index in [-0.39, 0.29) is 5.91 Å². The van der Waals surface area contributed by atoms with Gasteiger partial charge in [-0.2, -0.15) is 0 Å². The van der Waals surface area contributed by atoms with Crippen LogP contribution in [0.3, 0.4) is 0 Å². The molecule has 1 saturated heterocycles. The fraction of sp³-hybridized carbons (Fsp3) is 0.750. The molecule has 2 aliphatic rings.